The maximum absolute atomic E-state index is 12.7. The topological polar surface area (TPSA) is 74.7 Å². The number of nitrogens with zero attached hydrogens (tertiary/aromatic N) is 1. The number of hydrogen-bond acceptors (Lipinski definition) is 5. The number of hydrogen-bond donors (Lipinski definition) is 1. The van der Waals surface area contributed by atoms with Crippen LogP contribution in [0.5, 0.6) is 0 Å². The first kappa shape index (κ1) is 16.3. The summed E-state index contributed by atoms with van der Waals surface area (Å²) in [6.07, 6.45) is 0. The third kappa shape index (κ3) is 2.92. The van der Waals surface area contributed by atoms with Crippen molar-refractivity contribution in [3.63, 3.8) is 0 Å². The molecule has 5 nitrogen and oxygen atoms in total. The smallest absolute Gasteiger partial charge is 0.322 e. The van der Waals surface area contributed by atoms with Crippen LogP contribution in [0.15, 0.2) is 20.1 Å². The van der Waals surface area contributed by atoms with Gasteiger partial charge >= 0.3 is 5.97 Å². The number of carboxylic acid groups (broad SMARTS) is 1. The maximum Gasteiger partial charge on any atom is 0.322 e. The summed E-state index contributed by atoms with van der Waals surface area (Å²) in [5, 5.41) is 8.93. The van der Waals surface area contributed by atoms with Crippen LogP contribution in [0.25, 0.3) is 0 Å². The number of aliphatic carboxylic acids is 1. The van der Waals surface area contributed by atoms with Crippen molar-refractivity contribution in [1.29, 1.82) is 0 Å². The van der Waals surface area contributed by atoms with Crippen LogP contribution in [0.1, 0.15) is 13.8 Å². The Morgan fingerprint density at radius 2 is 2.15 bits per heavy atom. The van der Waals surface area contributed by atoms with Gasteiger partial charge in [0.05, 0.1) is 9.16 Å². The number of halogens is 1. The van der Waals surface area contributed by atoms with Gasteiger partial charge in [0.15, 0.2) is 0 Å². The molecular formula is C11H14BrNO4S3. The number of carbonyl (C=O) groups is 1. The highest BCUT2D eigenvalue weighted by atomic mass is 79.9. The summed E-state index contributed by atoms with van der Waals surface area (Å²) in [7, 11) is -3.79. The molecule has 1 aliphatic heterocycles. The van der Waals surface area contributed by atoms with E-state index in [2.05, 4.69) is 15.9 Å². The zero-order chi connectivity index (χ0) is 15.1. The van der Waals surface area contributed by atoms with E-state index in [1.54, 1.807) is 6.07 Å². The van der Waals surface area contributed by atoms with E-state index in [1.807, 2.05) is 13.8 Å². The Morgan fingerprint density at radius 3 is 2.60 bits per heavy atom. The molecule has 0 aromatic carbocycles. The van der Waals surface area contributed by atoms with Crippen molar-refractivity contribution in [2.24, 2.45) is 5.92 Å². The molecule has 1 aliphatic rings. The van der Waals surface area contributed by atoms with Gasteiger partial charge in [-0.25, -0.2) is 8.42 Å². The molecule has 0 amide bonds. The standard InChI is InChI=1S/C11H14BrNO4S3/c1-6(2)10-13(7(5-18-10)11(14)15)20(16,17)9-4-3-8(12)19-9/h3-4,6-7,10H,5H2,1-2H3,(H,14,15). The lowest BCUT2D eigenvalue weighted by Crippen LogP contribution is -2.46. The lowest BCUT2D eigenvalue weighted by Gasteiger charge is -2.28. The van der Waals surface area contributed by atoms with Crippen LogP contribution in [0, 0.1) is 5.92 Å². The molecule has 2 unspecified atom stereocenters. The Balaban J connectivity index is 2.46. The summed E-state index contributed by atoms with van der Waals surface area (Å²) in [6, 6.07) is 2.16. The first-order chi connectivity index (χ1) is 9.25. The van der Waals surface area contributed by atoms with Crippen LogP contribution >= 0.6 is 39.0 Å². The van der Waals surface area contributed by atoms with E-state index in [4.69, 9.17) is 0 Å². The molecule has 20 heavy (non-hydrogen) atoms. The van der Waals surface area contributed by atoms with Crippen LogP contribution in [0.3, 0.4) is 0 Å². The molecule has 2 heterocycles. The van der Waals surface area contributed by atoms with Crippen molar-refractivity contribution in [3.8, 4) is 0 Å². The first-order valence-corrected chi connectivity index (χ1v) is 9.98. The van der Waals surface area contributed by atoms with E-state index in [0.717, 1.165) is 15.6 Å². The predicted molar refractivity (Wildman–Crippen MR) is 83.6 cm³/mol. The van der Waals surface area contributed by atoms with Gasteiger partial charge in [-0.15, -0.1) is 23.1 Å². The van der Waals surface area contributed by atoms with Crippen molar-refractivity contribution in [2.45, 2.75) is 29.5 Å². The lowest BCUT2D eigenvalue weighted by molar-refractivity contribution is -0.140. The van der Waals surface area contributed by atoms with Gasteiger partial charge in [-0.05, 0) is 34.0 Å². The van der Waals surface area contributed by atoms with Gasteiger partial charge in [-0.2, -0.15) is 4.31 Å². The average Bonchev–Trinajstić information content (AvgIpc) is 2.94. The summed E-state index contributed by atoms with van der Waals surface area (Å²) in [6.45, 7) is 3.80. The molecule has 112 valence electrons. The second kappa shape index (κ2) is 5.96. The zero-order valence-electron chi connectivity index (χ0n) is 10.8. The Morgan fingerprint density at radius 1 is 1.50 bits per heavy atom. The Labute approximate surface area is 134 Å². The van der Waals surface area contributed by atoms with E-state index in [1.165, 1.54) is 17.8 Å². The summed E-state index contributed by atoms with van der Waals surface area (Å²) in [4.78, 5) is 11.3. The minimum Gasteiger partial charge on any atom is -0.480 e. The van der Waals surface area contributed by atoms with Crippen LogP contribution in [-0.4, -0.2) is 41.0 Å². The highest BCUT2D eigenvalue weighted by Crippen LogP contribution is 2.40. The molecule has 9 heteroatoms. The van der Waals surface area contributed by atoms with Gasteiger partial charge < -0.3 is 5.11 Å². The third-order valence-corrected chi connectivity index (χ3v) is 8.65. The largest absolute Gasteiger partial charge is 0.480 e. The van der Waals surface area contributed by atoms with Gasteiger partial charge in [-0.1, -0.05) is 13.8 Å². The number of thiophene rings is 1. The zero-order valence-corrected chi connectivity index (χ0v) is 14.9. The molecule has 1 fully saturated rings. The predicted octanol–water partition coefficient (Wildman–Crippen LogP) is 2.68. The third-order valence-electron chi connectivity index (χ3n) is 2.92. The number of thioether (sulfide) groups is 1. The Kier molecular flexibility index (Phi) is 4.85. The van der Waals surface area contributed by atoms with Gasteiger partial charge in [-0.3, -0.25) is 4.79 Å². The van der Waals surface area contributed by atoms with Crippen molar-refractivity contribution >= 4 is 55.0 Å². The Hall–Kier alpha value is -0.0900. The minimum absolute atomic E-state index is 0.0440. The quantitative estimate of drug-likeness (QED) is 0.841. The monoisotopic (exact) mass is 399 g/mol. The lowest BCUT2D eigenvalue weighted by atomic mass is 10.2. The average molecular weight is 400 g/mol. The van der Waals surface area contributed by atoms with Gasteiger partial charge in [0.25, 0.3) is 10.0 Å². The molecule has 0 spiro atoms. The molecule has 1 aromatic heterocycles. The summed E-state index contributed by atoms with van der Waals surface area (Å²) < 4.78 is 27.5. The highest BCUT2D eigenvalue weighted by molar-refractivity contribution is 9.11. The first-order valence-electron chi connectivity index (χ1n) is 5.88. The van der Waals surface area contributed by atoms with Gasteiger partial charge in [0.2, 0.25) is 0 Å². The normalized spacial score (nSPS) is 24.4. The number of carboxylic acids is 1. The molecular weight excluding hydrogens is 386 g/mol. The van der Waals surface area contributed by atoms with Crippen molar-refractivity contribution in [1.82, 2.24) is 4.31 Å². The second-order valence-corrected chi connectivity index (χ2v) is 10.4. The van der Waals surface area contributed by atoms with Crippen molar-refractivity contribution in [2.75, 3.05) is 5.75 Å². The minimum atomic E-state index is -3.79. The molecule has 2 atom stereocenters. The number of sulfonamides is 1. The summed E-state index contributed by atoms with van der Waals surface area (Å²) in [5.74, 6) is -0.772. The molecule has 2 rings (SSSR count). The van der Waals surface area contributed by atoms with Gasteiger partial charge in [0.1, 0.15) is 10.3 Å². The van der Waals surface area contributed by atoms with Crippen molar-refractivity contribution < 1.29 is 18.3 Å². The fraction of sp³-hybridized carbons (Fsp3) is 0.545. The van der Waals surface area contributed by atoms with Crippen molar-refractivity contribution in [3.05, 3.63) is 15.9 Å². The molecule has 1 saturated heterocycles. The molecule has 0 bridgehead atoms. The molecule has 1 N–H and O–H groups in total. The Bertz CT molecular complexity index is 613. The summed E-state index contributed by atoms with van der Waals surface area (Å²) >= 11 is 5.71. The van der Waals surface area contributed by atoms with Crippen LogP contribution in [0.4, 0.5) is 0 Å². The number of rotatable bonds is 4. The molecule has 1 aromatic rings. The molecule has 0 aliphatic carbocycles. The maximum atomic E-state index is 12.7. The van der Waals surface area contributed by atoms with E-state index >= 15 is 0 Å². The summed E-state index contributed by atoms with van der Waals surface area (Å²) in [5.41, 5.74) is 0. The molecule has 0 saturated carbocycles. The van der Waals surface area contributed by atoms with E-state index < -0.39 is 22.0 Å². The highest BCUT2D eigenvalue weighted by Gasteiger charge is 2.47. The van der Waals surface area contributed by atoms with E-state index in [-0.39, 0.29) is 21.3 Å². The molecule has 0 radical (unpaired) electrons. The fourth-order valence-electron chi connectivity index (χ4n) is 2.02. The van der Waals surface area contributed by atoms with E-state index in [9.17, 15) is 18.3 Å². The second-order valence-electron chi connectivity index (χ2n) is 4.72. The van der Waals surface area contributed by atoms with Gasteiger partial charge in [0, 0.05) is 5.75 Å². The van der Waals surface area contributed by atoms with Crippen LogP contribution < -0.4 is 0 Å². The fourth-order valence-corrected chi connectivity index (χ4v) is 7.86. The van der Waals surface area contributed by atoms with Crippen LogP contribution in [0.2, 0.25) is 0 Å². The SMILES string of the molecule is CC(C)C1SCC(C(=O)O)N1S(=O)(=O)c1ccc(Br)s1. The van der Waals surface area contributed by atoms with Crippen LogP contribution in [-0.2, 0) is 14.8 Å². The van der Waals surface area contributed by atoms with E-state index in [0.29, 0.717) is 3.79 Å².